The van der Waals surface area contributed by atoms with Gasteiger partial charge in [0.1, 0.15) is 6.61 Å². The summed E-state index contributed by atoms with van der Waals surface area (Å²) in [5, 5.41) is 0. The molecule has 0 saturated heterocycles. The molecule has 4 heteroatoms. The smallest absolute Gasteiger partial charge is 1.00 e. The average Bonchev–Trinajstić information content (AvgIpc) is 2.48. The van der Waals surface area contributed by atoms with Gasteiger partial charge < -0.3 is 21.7 Å². The zero-order valence-electron chi connectivity index (χ0n) is 8.96. The van der Waals surface area contributed by atoms with Crippen LogP contribution in [0.3, 0.4) is 0 Å². The third-order valence-corrected chi connectivity index (χ3v) is 1.93. The van der Waals surface area contributed by atoms with E-state index in [4.69, 9.17) is 4.74 Å². The van der Waals surface area contributed by atoms with Crippen molar-refractivity contribution >= 4 is 29.0 Å². The molecule has 1 aromatic carbocycles. The summed E-state index contributed by atoms with van der Waals surface area (Å²) in [5.41, 5.74) is 0.957. The zero-order valence-corrected chi connectivity index (χ0v) is 12.0. The van der Waals surface area contributed by atoms with Crippen molar-refractivity contribution in [3.8, 4) is 0 Å². The molecule has 1 heterocycles. The molecule has 0 bridgehead atoms. The van der Waals surface area contributed by atoms with Crippen molar-refractivity contribution < 1.29 is 21.7 Å². The van der Waals surface area contributed by atoms with Gasteiger partial charge in [-0.15, -0.1) is 0 Å². The summed E-state index contributed by atoms with van der Waals surface area (Å²) in [4.78, 5) is 4.47. The standard InChI is InChI=1S/C11H12NO.BrH.Mg/c1-11(2)8-13-10(12-11)9-6-4-3-5-7-9;;/h4-7H,8H2,1-2H3;1H;/q-1;;+2/p-1. The summed E-state index contributed by atoms with van der Waals surface area (Å²) in [7, 11) is 0. The molecule has 0 radical (unpaired) electrons. The minimum absolute atomic E-state index is 0. The van der Waals surface area contributed by atoms with E-state index in [0.29, 0.717) is 6.61 Å². The molecule has 1 aromatic rings. The Balaban J connectivity index is 0.000000980. The molecule has 0 unspecified atom stereocenters. The quantitative estimate of drug-likeness (QED) is 0.461. The first-order valence-electron chi connectivity index (χ1n) is 4.36. The van der Waals surface area contributed by atoms with Crippen LogP contribution in [-0.2, 0) is 4.74 Å². The molecule has 0 aromatic heterocycles. The number of nitrogens with zero attached hydrogens (tertiary/aromatic N) is 1. The normalized spacial score (nSPS) is 16.8. The van der Waals surface area contributed by atoms with E-state index in [-0.39, 0.29) is 45.6 Å². The van der Waals surface area contributed by atoms with Gasteiger partial charge in [-0.1, -0.05) is 5.56 Å². The number of hydrogen-bond donors (Lipinski definition) is 0. The molecule has 1 aliphatic heterocycles. The number of halogens is 1. The number of benzene rings is 1. The van der Waals surface area contributed by atoms with Crippen LogP contribution in [0.2, 0.25) is 0 Å². The van der Waals surface area contributed by atoms with Crippen molar-refractivity contribution in [3.63, 3.8) is 0 Å². The van der Waals surface area contributed by atoms with E-state index in [0.717, 1.165) is 11.5 Å². The van der Waals surface area contributed by atoms with Gasteiger partial charge in [-0.2, -0.15) is 30.3 Å². The summed E-state index contributed by atoms with van der Waals surface area (Å²) < 4.78 is 5.49. The fourth-order valence-corrected chi connectivity index (χ4v) is 1.26. The second kappa shape index (κ2) is 5.87. The molecule has 0 atom stereocenters. The van der Waals surface area contributed by atoms with Gasteiger partial charge in [0.25, 0.3) is 0 Å². The van der Waals surface area contributed by atoms with Crippen LogP contribution in [0.4, 0.5) is 0 Å². The predicted molar refractivity (Wildman–Crippen MR) is 57.6 cm³/mol. The molecule has 76 valence electrons. The van der Waals surface area contributed by atoms with Crippen LogP contribution in [-0.4, -0.2) is 41.1 Å². The fraction of sp³-hybridized carbons (Fsp3) is 0.364. The SMILES string of the molecule is CC1(C)COC(c2cc[c-]cc2)=N1.[Br-].[Mg+2]. The van der Waals surface area contributed by atoms with Crippen LogP contribution >= 0.6 is 0 Å². The van der Waals surface area contributed by atoms with Gasteiger partial charge in [-0.3, -0.25) is 0 Å². The molecule has 0 spiro atoms. The second-order valence-corrected chi connectivity index (χ2v) is 3.81. The monoisotopic (exact) mass is 277 g/mol. The molecule has 0 saturated carbocycles. The van der Waals surface area contributed by atoms with Crippen molar-refractivity contribution in [1.29, 1.82) is 0 Å². The molecule has 2 rings (SSSR count). The predicted octanol–water partition coefficient (Wildman–Crippen LogP) is -1.33. The number of ether oxygens (including phenoxy) is 1. The van der Waals surface area contributed by atoms with E-state index in [1.807, 2.05) is 24.3 Å². The Bertz CT molecular complexity index is 338. The molecule has 15 heavy (non-hydrogen) atoms. The average molecular weight is 278 g/mol. The topological polar surface area (TPSA) is 21.6 Å². The summed E-state index contributed by atoms with van der Waals surface area (Å²) >= 11 is 0. The largest absolute Gasteiger partial charge is 2.00 e. The van der Waals surface area contributed by atoms with Gasteiger partial charge in [0.2, 0.25) is 0 Å². The van der Waals surface area contributed by atoms with Crippen molar-refractivity contribution in [2.24, 2.45) is 4.99 Å². The molecule has 0 aliphatic carbocycles. The van der Waals surface area contributed by atoms with Crippen molar-refractivity contribution in [3.05, 3.63) is 35.9 Å². The molecule has 0 fully saturated rings. The van der Waals surface area contributed by atoms with Gasteiger partial charge in [0, 0.05) is 0 Å². The summed E-state index contributed by atoms with van der Waals surface area (Å²) in [6.07, 6.45) is 0. The van der Waals surface area contributed by atoms with Gasteiger partial charge in [-0.05, 0) is 13.8 Å². The van der Waals surface area contributed by atoms with Gasteiger partial charge in [-0.25, -0.2) is 4.99 Å². The van der Waals surface area contributed by atoms with E-state index in [9.17, 15) is 0 Å². The molecule has 2 nitrogen and oxygen atoms in total. The third-order valence-electron chi connectivity index (χ3n) is 1.93. The van der Waals surface area contributed by atoms with Crippen LogP contribution in [0.1, 0.15) is 19.4 Å². The van der Waals surface area contributed by atoms with E-state index in [1.165, 1.54) is 0 Å². The Labute approximate surface area is 117 Å². The maximum Gasteiger partial charge on any atom is 2.00 e. The van der Waals surface area contributed by atoms with Crippen molar-refractivity contribution in [2.45, 2.75) is 19.4 Å². The van der Waals surface area contributed by atoms with E-state index in [1.54, 1.807) is 0 Å². The summed E-state index contributed by atoms with van der Waals surface area (Å²) in [5.74, 6) is 0.749. The Morgan fingerprint density at radius 3 is 2.40 bits per heavy atom. The zero-order chi connectivity index (χ0) is 9.31. The molecule has 0 N–H and O–H groups in total. The van der Waals surface area contributed by atoms with Crippen molar-refractivity contribution in [2.75, 3.05) is 6.61 Å². The summed E-state index contributed by atoms with van der Waals surface area (Å²) in [6, 6.07) is 10.6. The molecule has 1 aliphatic rings. The van der Waals surface area contributed by atoms with E-state index < -0.39 is 0 Å². The van der Waals surface area contributed by atoms with Gasteiger partial charge in [0.15, 0.2) is 5.90 Å². The van der Waals surface area contributed by atoms with Crippen LogP contribution in [0.25, 0.3) is 0 Å². The minimum atomic E-state index is -0.0745. The first kappa shape index (κ1) is 14.9. The molecular weight excluding hydrogens is 266 g/mol. The van der Waals surface area contributed by atoms with E-state index >= 15 is 0 Å². The van der Waals surface area contributed by atoms with Crippen LogP contribution < -0.4 is 17.0 Å². The second-order valence-electron chi connectivity index (χ2n) is 3.81. The number of aliphatic imine (C=N–C) groups is 1. The first-order valence-corrected chi connectivity index (χ1v) is 4.36. The Morgan fingerprint density at radius 1 is 1.33 bits per heavy atom. The maximum atomic E-state index is 5.49. The summed E-state index contributed by atoms with van der Waals surface area (Å²) in [6.45, 7) is 4.80. The van der Waals surface area contributed by atoms with Crippen LogP contribution in [0, 0.1) is 6.07 Å². The molecule has 0 amide bonds. The third kappa shape index (κ3) is 3.77. The van der Waals surface area contributed by atoms with Gasteiger partial charge >= 0.3 is 23.1 Å². The Morgan fingerprint density at radius 2 is 1.93 bits per heavy atom. The first-order chi connectivity index (χ1) is 6.17. The van der Waals surface area contributed by atoms with Crippen molar-refractivity contribution in [1.82, 2.24) is 0 Å². The minimum Gasteiger partial charge on any atom is -1.00 e. The number of rotatable bonds is 1. The van der Waals surface area contributed by atoms with E-state index in [2.05, 4.69) is 24.9 Å². The molecular formula is C11H12BrMgNO. The fourth-order valence-electron chi connectivity index (χ4n) is 1.26. The Kier molecular flexibility index (Phi) is 5.84. The number of hydrogen-bond acceptors (Lipinski definition) is 2. The Hall–Kier alpha value is -0.0638. The van der Waals surface area contributed by atoms with Crippen LogP contribution in [0.5, 0.6) is 0 Å². The van der Waals surface area contributed by atoms with Crippen LogP contribution in [0.15, 0.2) is 29.3 Å². The van der Waals surface area contributed by atoms with Gasteiger partial charge in [0.05, 0.1) is 5.54 Å². The maximum absolute atomic E-state index is 5.49.